The summed E-state index contributed by atoms with van der Waals surface area (Å²) in [5.74, 6) is 1.56. The minimum atomic E-state index is 0.668. The first-order valence-electron chi connectivity index (χ1n) is 19.0. The first-order valence-corrected chi connectivity index (χ1v) is 19.8. The maximum Gasteiger partial charge on any atom is 0.238 e. The first-order chi connectivity index (χ1) is 27.8. The Labute approximate surface area is 321 Å². The van der Waals surface area contributed by atoms with Crippen molar-refractivity contribution in [1.82, 2.24) is 23.5 Å². The van der Waals surface area contributed by atoms with Gasteiger partial charge in [0, 0.05) is 58.6 Å². The van der Waals surface area contributed by atoms with Crippen molar-refractivity contribution in [2.45, 2.75) is 0 Å². The molecule has 0 fully saturated rings. The molecule has 0 saturated heterocycles. The average molecular weight is 730 g/mol. The zero-order chi connectivity index (χ0) is 36.2. The molecule has 0 atom stereocenters. The highest BCUT2D eigenvalue weighted by atomic mass is 32.1. The van der Waals surface area contributed by atoms with Crippen molar-refractivity contribution in [3.63, 3.8) is 0 Å². The topological polar surface area (TPSA) is 40.0 Å². The molecule has 0 aliphatic heterocycles. The number of nitrogens with zero attached hydrogens (tertiary/aromatic N) is 5. The van der Waals surface area contributed by atoms with Gasteiger partial charge in [-0.05, 0) is 41.8 Å². The summed E-state index contributed by atoms with van der Waals surface area (Å²) in [4.78, 5) is 12.1. The van der Waals surface area contributed by atoms with Crippen LogP contribution in [0.1, 0.15) is 0 Å². The quantitative estimate of drug-likeness (QED) is 0.178. The van der Waals surface area contributed by atoms with E-state index in [1.165, 1.54) is 80.5 Å². The van der Waals surface area contributed by atoms with Crippen LogP contribution in [0.15, 0.2) is 164 Å². The van der Waals surface area contributed by atoms with E-state index in [-0.39, 0.29) is 0 Å². The lowest BCUT2D eigenvalue weighted by Gasteiger charge is -2.13. The van der Waals surface area contributed by atoms with Crippen LogP contribution in [0.4, 0.5) is 0 Å². The van der Waals surface area contributed by atoms with Crippen LogP contribution in [0.5, 0.6) is 0 Å². The predicted octanol–water partition coefficient (Wildman–Crippen LogP) is 13.3. The van der Waals surface area contributed by atoms with Crippen LogP contribution < -0.4 is 0 Å². The van der Waals surface area contributed by atoms with Gasteiger partial charge in [-0.15, -0.1) is 11.3 Å². The van der Waals surface area contributed by atoms with Crippen LogP contribution in [0.2, 0.25) is 0 Å². The molecule has 6 heterocycles. The Kier molecular flexibility index (Phi) is 5.34. The standard InChI is InChI=1S/C50H27N5S/c1-2-14-29-28(13-1)25-26-35-44-43-33-18-6-11-23-40(33)53(41(43)27-36-32-17-5-10-22-39(32)55(46(29)35)47(36)44)48-45-34-19-7-12-24-42(34)56-49(45)52-50(51-48)54-37-20-8-3-15-30(37)31-16-4-9-21-38(31)54/h1-27H. The van der Waals surface area contributed by atoms with Gasteiger partial charge in [0.2, 0.25) is 5.95 Å². The molecule has 0 saturated carbocycles. The Bertz CT molecular complexity index is 3960. The van der Waals surface area contributed by atoms with Crippen molar-refractivity contribution >= 4 is 124 Å². The largest absolute Gasteiger partial charge is 0.307 e. The van der Waals surface area contributed by atoms with Crippen LogP contribution in [0.3, 0.4) is 0 Å². The van der Waals surface area contributed by atoms with Gasteiger partial charge in [-0.3, -0.25) is 9.13 Å². The van der Waals surface area contributed by atoms with Crippen LogP contribution in [0.25, 0.3) is 125 Å². The lowest BCUT2D eigenvalue weighted by atomic mass is 10.00. The third-order valence-corrected chi connectivity index (χ3v) is 13.3. The van der Waals surface area contributed by atoms with Crippen molar-refractivity contribution in [3.05, 3.63) is 164 Å². The van der Waals surface area contributed by atoms with Gasteiger partial charge in [-0.1, -0.05) is 127 Å². The van der Waals surface area contributed by atoms with Gasteiger partial charge < -0.3 is 4.40 Å². The average Bonchev–Trinajstić information content (AvgIpc) is 4.05. The van der Waals surface area contributed by atoms with E-state index in [0.29, 0.717) is 5.95 Å². The number of aromatic nitrogens is 5. The van der Waals surface area contributed by atoms with E-state index >= 15 is 0 Å². The van der Waals surface area contributed by atoms with Gasteiger partial charge in [-0.25, -0.2) is 4.98 Å². The molecular formula is C50H27N5S. The highest BCUT2D eigenvalue weighted by Crippen LogP contribution is 2.49. The molecule has 0 aliphatic rings. The fraction of sp³-hybridized carbons (Fsp3) is 0. The molecule has 0 radical (unpaired) electrons. The van der Waals surface area contributed by atoms with Crippen molar-refractivity contribution in [1.29, 1.82) is 0 Å². The molecule has 14 rings (SSSR count). The third kappa shape index (κ3) is 3.47. The summed E-state index contributed by atoms with van der Waals surface area (Å²) in [6, 6.07) is 59.5. The smallest absolute Gasteiger partial charge is 0.238 e. The van der Waals surface area contributed by atoms with Crippen molar-refractivity contribution < 1.29 is 0 Å². The highest BCUT2D eigenvalue weighted by molar-refractivity contribution is 7.25. The Morgan fingerprint density at radius 3 is 1.71 bits per heavy atom. The molecule has 5 nitrogen and oxygen atoms in total. The lowest BCUT2D eigenvalue weighted by Crippen LogP contribution is -2.06. The molecule has 14 aromatic rings. The molecule has 0 spiro atoms. The number of hydrogen-bond acceptors (Lipinski definition) is 3. The number of hydrogen-bond donors (Lipinski definition) is 0. The van der Waals surface area contributed by atoms with Crippen LogP contribution in [0, 0.1) is 0 Å². The third-order valence-electron chi connectivity index (χ3n) is 12.2. The Morgan fingerprint density at radius 1 is 0.375 bits per heavy atom. The van der Waals surface area contributed by atoms with E-state index in [1.54, 1.807) is 11.3 Å². The van der Waals surface area contributed by atoms with Gasteiger partial charge in [0.05, 0.1) is 44.0 Å². The minimum absolute atomic E-state index is 0.668. The van der Waals surface area contributed by atoms with E-state index in [9.17, 15) is 0 Å². The van der Waals surface area contributed by atoms with Crippen LogP contribution in [-0.2, 0) is 0 Å². The number of fused-ring (bicyclic) bond motifs is 18. The van der Waals surface area contributed by atoms with E-state index < -0.39 is 0 Å². The summed E-state index contributed by atoms with van der Waals surface area (Å²) in [5, 5.41) is 14.6. The van der Waals surface area contributed by atoms with Gasteiger partial charge in [0.25, 0.3) is 0 Å². The summed E-state index contributed by atoms with van der Waals surface area (Å²) >= 11 is 1.74. The zero-order valence-electron chi connectivity index (χ0n) is 29.7. The monoisotopic (exact) mass is 729 g/mol. The number of para-hydroxylation sites is 4. The first kappa shape index (κ1) is 29.1. The molecule has 56 heavy (non-hydrogen) atoms. The van der Waals surface area contributed by atoms with Crippen LogP contribution in [-0.4, -0.2) is 23.5 Å². The number of thiophene rings is 1. The van der Waals surface area contributed by atoms with Gasteiger partial charge >= 0.3 is 0 Å². The molecule has 0 aliphatic carbocycles. The van der Waals surface area contributed by atoms with E-state index in [2.05, 4.69) is 177 Å². The fourth-order valence-corrected chi connectivity index (χ4v) is 11.1. The van der Waals surface area contributed by atoms with Gasteiger partial charge in [0.15, 0.2) is 5.82 Å². The van der Waals surface area contributed by atoms with Crippen LogP contribution >= 0.6 is 11.3 Å². The second-order valence-corrected chi connectivity index (χ2v) is 16.0. The highest BCUT2D eigenvalue weighted by Gasteiger charge is 2.27. The van der Waals surface area contributed by atoms with E-state index in [0.717, 1.165) is 38.1 Å². The van der Waals surface area contributed by atoms with Gasteiger partial charge in [-0.2, -0.15) is 4.98 Å². The van der Waals surface area contributed by atoms with Crippen molar-refractivity contribution in [2.24, 2.45) is 0 Å². The van der Waals surface area contributed by atoms with Gasteiger partial charge in [0.1, 0.15) is 4.83 Å². The SMILES string of the molecule is c1ccc2c(c1)ccc1c3c4c5ccccc5n(-c5nc(-n6c7ccccc7c7ccccc76)nc6sc7ccccc7c56)c4cc4c5ccccc5n(c21)c43. The summed E-state index contributed by atoms with van der Waals surface area (Å²) in [5.41, 5.74) is 8.20. The summed E-state index contributed by atoms with van der Waals surface area (Å²) in [6.07, 6.45) is 0. The molecule has 0 unspecified atom stereocenters. The molecular weight excluding hydrogens is 703 g/mol. The lowest BCUT2D eigenvalue weighted by molar-refractivity contribution is 0.977. The molecule has 0 amide bonds. The molecule has 8 aromatic carbocycles. The minimum Gasteiger partial charge on any atom is -0.307 e. The van der Waals surface area contributed by atoms with Crippen molar-refractivity contribution in [3.8, 4) is 11.8 Å². The fourth-order valence-electron chi connectivity index (χ4n) is 9.99. The normalized spacial score (nSPS) is 12.6. The predicted molar refractivity (Wildman–Crippen MR) is 236 cm³/mol. The second kappa shape index (κ2) is 10.3. The summed E-state index contributed by atoms with van der Waals surface area (Å²) in [6.45, 7) is 0. The van der Waals surface area contributed by atoms with Crippen molar-refractivity contribution in [2.75, 3.05) is 0 Å². The Morgan fingerprint density at radius 2 is 0.964 bits per heavy atom. The zero-order valence-corrected chi connectivity index (χ0v) is 30.5. The maximum absolute atomic E-state index is 5.71. The molecule has 6 heteroatoms. The molecule has 0 bridgehead atoms. The molecule has 258 valence electrons. The Balaban J connectivity index is 1.23. The Hall–Kier alpha value is -7.28. The number of benzene rings is 8. The number of rotatable bonds is 2. The van der Waals surface area contributed by atoms with E-state index in [1.807, 2.05) is 0 Å². The molecule has 0 N–H and O–H groups in total. The summed E-state index contributed by atoms with van der Waals surface area (Å²) in [7, 11) is 0. The summed E-state index contributed by atoms with van der Waals surface area (Å²) < 4.78 is 8.41. The van der Waals surface area contributed by atoms with E-state index in [4.69, 9.17) is 9.97 Å². The molecule has 6 aromatic heterocycles. The maximum atomic E-state index is 5.71. The second-order valence-electron chi connectivity index (χ2n) is 14.9.